The Balaban J connectivity index is 4.08. The van der Waals surface area contributed by atoms with Crippen LogP contribution in [0.25, 0.3) is 0 Å². The molecule has 0 rings (SSSR count). The second-order valence-electron chi connectivity index (χ2n) is 21.7. The van der Waals surface area contributed by atoms with E-state index in [2.05, 4.69) is 79.9 Å². The van der Waals surface area contributed by atoms with Crippen molar-refractivity contribution in [1.29, 1.82) is 0 Å². The Kier molecular flexibility index (Phi) is 52.2. The molecule has 0 saturated carbocycles. The van der Waals surface area contributed by atoms with Crippen LogP contribution < -0.4 is 5.32 Å². The van der Waals surface area contributed by atoms with E-state index in [9.17, 15) is 19.4 Å². The van der Waals surface area contributed by atoms with E-state index in [-0.39, 0.29) is 19.1 Å². The van der Waals surface area contributed by atoms with E-state index in [0.29, 0.717) is 17.4 Å². The Morgan fingerprint density at radius 1 is 0.486 bits per heavy atom. The van der Waals surface area contributed by atoms with E-state index in [1.807, 2.05) is 27.2 Å². The zero-order valence-electron chi connectivity index (χ0n) is 47.9. The van der Waals surface area contributed by atoms with E-state index in [1.54, 1.807) is 6.08 Å². The van der Waals surface area contributed by atoms with Crippen molar-refractivity contribution < 1.29 is 32.9 Å². The molecule has 3 unspecified atom stereocenters. The molecule has 0 heterocycles. The Bertz CT molecular complexity index is 1400. The highest BCUT2D eigenvalue weighted by Gasteiger charge is 2.27. The number of allylic oxidation sites excluding steroid dienone is 11. The third-order valence-corrected chi connectivity index (χ3v) is 14.4. The Morgan fingerprint density at radius 3 is 1.28 bits per heavy atom. The molecule has 0 aliphatic heterocycles. The zero-order valence-corrected chi connectivity index (χ0v) is 48.8. The van der Waals surface area contributed by atoms with Gasteiger partial charge in [0.15, 0.2) is 0 Å². The lowest BCUT2D eigenvalue weighted by Gasteiger charge is -2.25. The van der Waals surface area contributed by atoms with Crippen LogP contribution in [0.1, 0.15) is 271 Å². The van der Waals surface area contributed by atoms with Gasteiger partial charge < -0.3 is 19.8 Å². The molecule has 0 spiro atoms. The van der Waals surface area contributed by atoms with Gasteiger partial charge in [-0.3, -0.25) is 13.8 Å². The number of carbonyl (C=O) groups excluding carboxylic acids is 1. The van der Waals surface area contributed by atoms with Crippen LogP contribution in [0.4, 0.5) is 0 Å². The molecule has 0 radical (unpaired) electrons. The number of aliphatic hydroxyl groups is 1. The van der Waals surface area contributed by atoms with E-state index >= 15 is 0 Å². The molecule has 3 N–H and O–H groups in total. The molecule has 1 amide bonds. The molecule has 0 aromatic carbocycles. The first kappa shape index (κ1) is 69.9. The molecule has 0 aliphatic carbocycles. The van der Waals surface area contributed by atoms with Crippen LogP contribution in [0.15, 0.2) is 72.9 Å². The quantitative estimate of drug-likeness (QED) is 0.0243. The average Bonchev–Trinajstić information content (AvgIpc) is 3.34. The van der Waals surface area contributed by atoms with Crippen LogP contribution in [0.3, 0.4) is 0 Å². The maximum absolute atomic E-state index is 13.0. The third-order valence-electron chi connectivity index (χ3n) is 13.4. The summed E-state index contributed by atoms with van der Waals surface area (Å²) in [5, 5.41) is 13.9. The summed E-state index contributed by atoms with van der Waals surface area (Å²) >= 11 is 0. The largest absolute Gasteiger partial charge is 0.472 e. The molecule has 0 saturated heterocycles. The molecule has 0 fully saturated rings. The summed E-state index contributed by atoms with van der Waals surface area (Å²) in [7, 11) is 1.56. The Hall–Kier alpha value is -2.06. The monoisotopic (exact) mass is 1030 g/mol. The van der Waals surface area contributed by atoms with Crippen molar-refractivity contribution in [2.45, 2.75) is 283 Å². The minimum absolute atomic E-state index is 0.0556. The first-order valence-corrected chi connectivity index (χ1v) is 31.8. The van der Waals surface area contributed by atoms with Gasteiger partial charge in [-0.05, 0) is 70.6 Å². The van der Waals surface area contributed by atoms with Gasteiger partial charge in [0.25, 0.3) is 0 Å². The molecular weight excluding hydrogens is 912 g/mol. The summed E-state index contributed by atoms with van der Waals surface area (Å²) in [5.74, 6) is -0.185. The smallest absolute Gasteiger partial charge is 0.387 e. The second-order valence-corrected chi connectivity index (χ2v) is 23.1. The standard InChI is InChI=1S/C63H117N2O6P/c1-6-8-10-12-14-16-18-20-22-24-25-26-27-28-29-30-31-32-33-34-35-36-37-38-39-41-43-45-47-49-51-53-55-57-63(67)64-61(60-71-72(68,69)70-59-58-65(3,4)5)62(66)56-54-52-50-48-46-44-42-40-23-21-19-17-15-13-11-9-7-2/h8,10,14,16,20,22,25-26,46,48,54,56,61-62,66H,6-7,9,11-13,15,17-19,21,23-24,27-45,47,49-53,55,57-60H2,1-5H3,(H-,64,67,68,69)/p+1/b10-8-,16-14-,22-20-,26-25-,48-46+,56-54+. The first-order chi connectivity index (χ1) is 35.0. The number of phosphoric ester groups is 1. The molecule has 72 heavy (non-hydrogen) atoms. The van der Waals surface area contributed by atoms with Crippen LogP contribution in [0.2, 0.25) is 0 Å². The molecule has 0 bridgehead atoms. The predicted molar refractivity (Wildman–Crippen MR) is 313 cm³/mol. The number of hydrogen-bond donors (Lipinski definition) is 3. The van der Waals surface area contributed by atoms with Gasteiger partial charge in [-0.25, -0.2) is 4.57 Å². The maximum atomic E-state index is 13.0. The van der Waals surface area contributed by atoms with Crippen molar-refractivity contribution in [2.24, 2.45) is 0 Å². The minimum atomic E-state index is -4.36. The number of nitrogens with zero attached hydrogens (tertiary/aromatic N) is 1. The molecule has 8 nitrogen and oxygen atoms in total. The molecule has 0 aromatic heterocycles. The van der Waals surface area contributed by atoms with Crippen LogP contribution in [-0.4, -0.2) is 73.4 Å². The van der Waals surface area contributed by atoms with Gasteiger partial charge in [0.05, 0.1) is 39.9 Å². The first-order valence-electron chi connectivity index (χ1n) is 30.3. The zero-order chi connectivity index (χ0) is 52.7. The van der Waals surface area contributed by atoms with Crippen LogP contribution in [-0.2, 0) is 18.4 Å². The molecule has 3 atom stereocenters. The third kappa shape index (κ3) is 55.7. The number of amides is 1. The van der Waals surface area contributed by atoms with Gasteiger partial charge in [0.2, 0.25) is 5.91 Å². The van der Waals surface area contributed by atoms with Crippen molar-refractivity contribution in [2.75, 3.05) is 40.9 Å². The number of carbonyl (C=O) groups is 1. The molecule has 0 aromatic rings. The van der Waals surface area contributed by atoms with E-state index in [4.69, 9.17) is 9.05 Å². The number of quaternary nitrogens is 1. The topological polar surface area (TPSA) is 105 Å². The molecule has 0 aliphatic rings. The van der Waals surface area contributed by atoms with Crippen LogP contribution in [0, 0.1) is 0 Å². The van der Waals surface area contributed by atoms with Gasteiger partial charge in [0, 0.05) is 6.42 Å². The molecule has 9 heteroatoms. The van der Waals surface area contributed by atoms with Crippen molar-refractivity contribution in [3.8, 4) is 0 Å². The Labute approximate surface area is 446 Å². The van der Waals surface area contributed by atoms with E-state index in [0.717, 1.165) is 64.2 Å². The van der Waals surface area contributed by atoms with Gasteiger partial charge in [-0.1, -0.05) is 267 Å². The van der Waals surface area contributed by atoms with Crippen molar-refractivity contribution >= 4 is 13.7 Å². The van der Waals surface area contributed by atoms with Gasteiger partial charge in [-0.15, -0.1) is 0 Å². The normalized spacial score (nSPS) is 14.4. The lowest BCUT2D eigenvalue weighted by Crippen LogP contribution is -2.45. The van der Waals surface area contributed by atoms with Crippen LogP contribution >= 0.6 is 7.82 Å². The summed E-state index contributed by atoms with van der Waals surface area (Å²) in [6, 6.07) is -0.864. The highest BCUT2D eigenvalue weighted by molar-refractivity contribution is 7.47. The number of aliphatic hydroxyl groups excluding tert-OH is 1. The number of hydrogen-bond acceptors (Lipinski definition) is 5. The minimum Gasteiger partial charge on any atom is -0.387 e. The number of rotatable bonds is 55. The summed E-state index contributed by atoms with van der Waals surface area (Å²) < 4.78 is 23.7. The van der Waals surface area contributed by atoms with E-state index < -0.39 is 20.0 Å². The highest BCUT2D eigenvalue weighted by Crippen LogP contribution is 2.43. The van der Waals surface area contributed by atoms with Crippen molar-refractivity contribution in [1.82, 2.24) is 5.32 Å². The number of unbranched alkanes of at least 4 members (excludes halogenated alkanes) is 32. The molecule has 420 valence electrons. The fraction of sp³-hybridized carbons (Fsp3) is 0.794. The van der Waals surface area contributed by atoms with Gasteiger partial charge in [0.1, 0.15) is 13.2 Å². The fourth-order valence-corrected chi connectivity index (χ4v) is 9.43. The summed E-state index contributed by atoms with van der Waals surface area (Å²) in [6.45, 7) is 4.70. The number of phosphoric acid groups is 1. The predicted octanol–water partition coefficient (Wildman–Crippen LogP) is 18.7. The van der Waals surface area contributed by atoms with Crippen LogP contribution in [0.5, 0.6) is 0 Å². The summed E-state index contributed by atoms with van der Waals surface area (Å²) in [4.78, 5) is 23.3. The van der Waals surface area contributed by atoms with Gasteiger partial charge in [-0.2, -0.15) is 0 Å². The molecular formula is C63H118N2O6P+. The summed E-state index contributed by atoms with van der Waals surface area (Å²) in [5.41, 5.74) is 0. The fourth-order valence-electron chi connectivity index (χ4n) is 8.70. The lowest BCUT2D eigenvalue weighted by atomic mass is 10.0. The summed E-state index contributed by atoms with van der Waals surface area (Å²) in [6.07, 6.45) is 74.5. The van der Waals surface area contributed by atoms with Gasteiger partial charge >= 0.3 is 7.82 Å². The average molecular weight is 1030 g/mol. The highest BCUT2D eigenvalue weighted by atomic mass is 31.2. The lowest BCUT2D eigenvalue weighted by molar-refractivity contribution is -0.870. The van der Waals surface area contributed by atoms with E-state index in [1.165, 1.54) is 186 Å². The van der Waals surface area contributed by atoms with Crippen molar-refractivity contribution in [3.63, 3.8) is 0 Å². The second kappa shape index (κ2) is 53.8. The maximum Gasteiger partial charge on any atom is 0.472 e. The number of nitrogens with one attached hydrogen (secondary N) is 1. The van der Waals surface area contributed by atoms with Crippen molar-refractivity contribution in [3.05, 3.63) is 72.9 Å². The number of likely N-dealkylation sites (N-methyl/N-ethyl adjacent to an activating group) is 1. The SMILES string of the molecule is CC/C=C\C/C=C\C/C=C\C/C=C\CCCCCCCCCCCCCCCCCCCCCCC(=O)NC(COP(=O)(O)OCC[N+](C)(C)C)C(O)/C=C/CC/C=C/CCCCCCCCCCCCC. The Morgan fingerprint density at radius 2 is 0.847 bits per heavy atom.